The van der Waals surface area contributed by atoms with Crippen LogP contribution in [0.5, 0.6) is 5.75 Å². The summed E-state index contributed by atoms with van der Waals surface area (Å²) in [7, 11) is 1.38. The Hall–Kier alpha value is -3.62. The number of carbonyl (C=O) groups excluding carboxylic acids is 1. The number of carboxylic acids is 2. The molecule has 0 amide bonds. The van der Waals surface area contributed by atoms with Crippen molar-refractivity contribution in [3.8, 4) is 5.75 Å². The quantitative estimate of drug-likeness (QED) is 0.264. The highest BCUT2D eigenvalue weighted by atomic mass is 35.5. The fourth-order valence-corrected chi connectivity index (χ4v) is 3.27. The van der Waals surface area contributed by atoms with E-state index in [0.29, 0.717) is 16.9 Å². The molecule has 2 N–H and O–H groups in total. The van der Waals surface area contributed by atoms with Gasteiger partial charge in [-0.1, -0.05) is 48.0 Å². The molecule has 0 fully saturated rings. The number of halogens is 1. The van der Waals surface area contributed by atoms with Crippen molar-refractivity contribution in [1.29, 1.82) is 0 Å². The summed E-state index contributed by atoms with van der Waals surface area (Å²) >= 11 is 6.00. The number of carbonyl (C=O) groups is 3. The van der Waals surface area contributed by atoms with Crippen LogP contribution in [0.25, 0.3) is 0 Å². The van der Waals surface area contributed by atoms with Gasteiger partial charge in [-0.2, -0.15) is 0 Å². The minimum absolute atomic E-state index is 0.00326. The summed E-state index contributed by atoms with van der Waals surface area (Å²) in [6.45, 7) is 1.37. The Morgan fingerprint density at radius 1 is 1.00 bits per heavy atom. The highest BCUT2D eigenvalue weighted by Gasteiger charge is 2.47. The smallest absolute Gasteiger partial charge is 0.343 e. The topological polar surface area (TPSA) is 119 Å². The first-order valence-corrected chi connectivity index (χ1v) is 10.1. The summed E-state index contributed by atoms with van der Waals surface area (Å²) in [6, 6.07) is 18.0. The number of benzene rings is 2. The second kappa shape index (κ2) is 11.8. The normalized spacial score (nSPS) is 17.2. The lowest BCUT2D eigenvalue weighted by Gasteiger charge is -2.30. The lowest BCUT2D eigenvalue weighted by atomic mass is 9.88. The molecule has 0 heterocycles. The van der Waals surface area contributed by atoms with E-state index in [1.165, 1.54) is 20.1 Å². The van der Waals surface area contributed by atoms with Crippen LogP contribution in [0.1, 0.15) is 23.7 Å². The van der Waals surface area contributed by atoms with Crippen LogP contribution in [0, 0.1) is 0 Å². The van der Waals surface area contributed by atoms with Crippen molar-refractivity contribution in [2.45, 2.75) is 18.2 Å². The Balaban J connectivity index is 0.000000237. The van der Waals surface area contributed by atoms with Crippen LogP contribution in [0.2, 0.25) is 0 Å². The van der Waals surface area contributed by atoms with Gasteiger partial charge in [-0.25, -0.2) is 14.4 Å². The van der Waals surface area contributed by atoms with Gasteiger partial charge in [-0.3, -0.25) is 0 Å². The van der Waals surface area contributed by atoms with Crippen LogP contribution in [0.15, 0.2) is 83.6 Å². The highest BCUT2D eigenvalue weighted by Crippen LogP contribution is 2.39. The number of para-hydroxylation sites is 1. The average Bonchev–Trinajstić information content (AvgIpc) is 2.80. The molecule has 1 aliphatic rings. The number of hydrogen-bond acceptors (Lipinski definition) is 6. The van der Waals surface area contributed by atoms with Crippen molar-refractivity contribution < 1.29 is 38.8 Å². The lowest BCUT2D eigenvalue weighted by molar-refractivity contribution is -0.141. The van der Waals surface area contributed by atoms with Crippen molar-refractivity contribution in [1.82, 2.24) is 0 Å². The number of allylic oxidation sites excluding steroid dienone is 2. The maximum Gasteiger partial charge on any atom is 0.343 e. The van der Waals surface area contributed by atoms with E-state index >= 15 is 0 Å². The monoisotopic (exact) mass is 474 g/mol. The number of esters is 1. The standard InChI is InChI=1S/C13H10O2.C11H13ClO6/c14-13(11-7-3-1-4-8-11)15-12-9-5-2-6-10-12;1-6-3-7(9(13)14)4-11(12,10(15)16)8(6)18-5-17-2/h1-10H;3H,4-5H2,1-2H3,(H,13,14)(H,15,16). The molecule has 33 heavy (non-hydrogen) atoms. The summed E-state index contributed by atoms with van der Waals surface area (Å²) in [6.07, 6.45) is 0.993. The summed E-state index contributed by atoms with van der Waals surface area (Å²) in [5.41, 5.74) is 0.837. The molecule has 9 heteroatoms. The van der Waals surface area contributed by atoms with Gasteiger partial charge in [0.05, 0.1) is 5.56 Å². The molecule has 1 atom stereocenters. The van der Waals surface area contributed by atoms with Gasteiger partial charge in [-0.15, -0.1) is 0 Å². The summed E-state index contributed by atoms with van der Waals surface area (Å²) in [5, 5.41) is 18.1. The molecule has 0 aromatic heterocycles. The van der Waals surface area contributed by atoms with Gasteiger partial charge in [-0.05, 0) is 42.8 Å². The molecule has 2 aromatic carbocycles. The van der Waals surface area contributed by atoms with Gasteiger partial charge in [0.25, 0.3) is 0 Å². The van der Waals surface area contributed by atoms with E-state index in [1.54, 1.807) is 24.3 Å². The number of methoxy groups -OCH3 is 1. The van der Waals surface area contributed by atoms with Crippen LogP contribution in [0.4, 0.5) is 0 Å². The van der Waals surface area contributed by atoms with Gasteiger partial charge in [0.15, 0.2) is 6.79 Å². The van der Waals surface area contributed by atoms with Crippen LogP contribution in [-0.2, 0) is 19.1 Å². The van der Waals surface area contributed by atoms with Crippen molar-refractivity contribution in [2.24, 2.45) is 0 Å². The third-order valence-corrected chi connectivity index (χ3v) is 4.91. The van der Waals surface area contributed by atoms with Crippen molar-refractivity contribution in [3.05, 3.63) is 89.2 Å². The van der Waals surface area contributed by atoms with E-state index < -0.39 is 16.8 Å². The SMILES string of the molecule is COCOC1=C(C)C=C(C(=O)O)CC1(Cl)C(=O)O.O=C(Oc1ccccc1)c1ccccc1. The minimum atomic E-state index is -1.91. The molecular formula is C24H23ClO8. The number of aliphatic carboxylic acids is 2. The molecule has 2 aromatic rings. The van der Waals surface area contributed by atoms with E-state index in [1.807, 2.05) is 36.4 Å². The average molecular weight is 475 g/mol. The fraction of sp³-hybridized carbons (Fsp3) is 0.208. The van der Waals surface area contributed by atoms with Crippen LogP contribution in [-0.4, -0.2) is 46.9 Å². The maximum atomic E-state index is 11.6. The second-order valence-corrected chi connectivity index (χ2v) is 7.53. The third-order valence-electron chi connectivity index (χ3n) is 4.44. The van der Waals surface area contributed by atoms with Crippen molar-refractivity contribution in [2.75, 3.05) is 13.9 Å². The van der Waals surface area contributed by atoms with Gasteiger partial charge < -0.3 is 24.4 Å². The first kappa shape index (κ1) is 25.6. The lowest BCUT2D eigenvalue weighted by Crippen LogP contribution is -2.39. The van der Waals surface area contributed by atoms with E-state index in [0.717, 1.165) is 0 Å². The molecule has 1 unspecified atom stereocenters. The molecule has 0 radical (unpaired) electrons. The van der Waals surface area contributed by atoms with Crippen LogP contribution < -0.4 is 4.74 Å². The zero-order chi connectivity index (χ0) is 24.4. The minimum Gasteiger partial charge on any atom is -0.480 e. The van der Waals surface area contributed by atoms with Crippen LogP contribution >= 0.6 is 11.6 Å². The summed E-state index contributed by atoms with van der Waals surface area (Å²) < 4.78 is 15.0. The Bertz CT molecular complexity index is 1050. The first-order valence-electron chi connectivity index (χ1n) is 9.70. The third kappa shape index (κ3) is 6.93. The Kier molecular flexibility index (Phi) is 9.20. The van der Waals surface area contributed by atoms with Crippen LogP contribution in [0.3, 0.4) is 0 Å². The number of alkyl halides is 1. The summed E-state index contributed by atoms with van der Waals surface area (Å²) in [4.78, 5) is 31.9. The number of hydrogen-bond donors (Lipinski definition) is 2. The molecule has 0 spiro atoms. The van der Waals surface area contributed by atoms with Crippen molar-refractivity contribution in [3.63, 3.8) is 0 Å². The van der Waals surface area contributed by atoms with E-state index in [4.69, 9.17) is 30.9 Å². The first-order chi connectivity index (χ1) is 15.7. The molecule has 8 nitrogen and oxygen atoms in total. The Labute approximate surface area is 195 Å². The van der Waals surface area contributed by atoms with E-state index in [9.17, 15) is 19.5 Å². The molecule has 0 bridgehead atoms. The number of ether oxygens (including phenoxy) is 3. The Morgan fingerprint density at radius 3 is 2.09 bits per heavy atom. The summed E-state index contributed by atoms with van der Waals surface area (Å²) in [5.74, 6) is -2.33. The number of rotatable bonds is 7. The highest BCUT2D eigenvalue weighted by molar-refractivity contribution is 6.36. The molecule has 1 aliphatic carbocycles. The van der Waals surface area contributed by atoms with Gasteiger partial charge in [0.1, 0.15) is 11.5 Å². The molecule has 174 valence electrons. The molecule has 0 saturated carbocycles. The second-order valence-electron chi connectivity index (χ2n) is 6.89. The van der Waals surface area contributed by atoms with E-state index in [2.05, 4.69) is 0 Å². The fourth-order valence-electron chi connectivity index (χ4n) is 2.92. The maximum absolute atomic E-state index is 11.6. The van der Waals surface area contributed by atoms with Gasteiger partial charge in [0.2, 0.25) is 4.87 Å². The molecule has 0 aliphatic heterocycles. The molecule has 0 saturated heterocycles. The number of carboxylic acid groups (broad SMARTS) is 2. The predicted octanol–water partition coefficient (Wildman–Crippen LogP) is 4.26. The zero-order valence-corrected chi connectivity index (χ0v) is 18.7. The van der Waals surface area contributed by atoms with Gasteiger partial charge >= 0.3 is 17.9 Å². The molecular weight excluding hydrogens is 452 g/mol. The molecule has 3 rings (SSSR count). The largest absolute Gasteiger partial charge is 0.480 e. The van der Waals surface area contributed by atoms with E-state index in [-0.39, 0.29) is 30.5 Å². The predicted molar refractivity (Wildman–Crippen MR) is 120 cm³/mol. The van der Waals surface area contributed by atoms with Crippen molar-refractivity contribution >= 4 is 29.5 Å². The Morgan fingerprint density at radius 2 is 1.58 bits per heavy atom. The zero-order valence-electron chi connectivity index (χ0n) is 18.0. The van der Waals surface area contributed by atoms with Gasteiger partial charge in [0, 0.05) is 19.1 Å².